The Morgan fingerprint density at radius 2 is 0.853 bits per heavy atom. The van der Waals surface area contributed by atoms with E-state index in [9.17, 15) is 34.5 Å². The number of carboxylic acids is 3. The smallest absolute Gasteiger partial charge is 0.317 e. The number of ketones is 1. The van der Waals surface area contributed by atoms with Gasteiger partial charge in [0.1, 0.15) is 5.78 Å². The fourth-order valence-electron chi connectivity index (χ4n) is 4.72. The van der Waals surface area contributed by atoms with E-state index in [1.54, 1.807) is 14.7 Å². The molecular weight excluding hydrogens is 444 g/mol. The largest absolute Gasteiger partial charge is 0.480 e. The number of rotatable bonds is 9. The third-order valence-corrected chi connectivity index (χ3v) is 6.86. The predicted molar refractivity (Wildman–Crippen MR) is 125 cm³/mol. The molecule has 1 aliphatic carbocycles. The molecule has 11 heteroatoms. The van der Waals surface area contributed by atoms with Gasteiger partial charge in [-0.1, -0.05) is 19.8 Å². The van der Waals surface area contributed by atoms with Crippen LogP contribution in [0.5, 0.6) is 0 Å². The van der Waals surface area contributed by atoms with E-state index in [4.69, 9.17) is 0 Å². The number of Topliss-reactive ketones (excluding diaryl/α,β-unsaturated/α-hetero) is 1. The Labute approximate surface area is 201 Å². The van der Waals surface area contributed by atoms with Gasteiger partial charge in [0, 0.05) is 58.3 Å². The fraction of sp³-hybridized carbons (Fsp3) is 0.826. The molecular formula is C23H40N4O7. The molecule has 2 aliphatic rings. The van der Waals surface area contributed by atoms with Gasteiger partial charge in [-0.25, -0.2) is 0 Å². The zero-order valence-electron chi connectivity index (χ0n) is 20.2. The number of nitrogens with zero attached hydrogens (tertiary/aromatic N) is 4. The monoisotopic (exact) mass is 484 g/mol. The Morgan fingerprint density at radius 3 is 1.15 bits per heavy atom. The van der Waals surface area contributed by atoms with Crippen molar-refractivity contribution < 1.29 is 34.5 Å². The first-order valence-electron chi connectivity index (χ1n) is 12.2. The average molecular weight is 485 g/mol. The number of aliphatic carboxylic acids is 3. The molecule has 0 amide bonds. The molecule has 0 spiro atoms. The minimum Gasteiger partial charge on any atom is -0.480 e. The van der Waals surface area contributed by atoms with Crippen molar-refractivity contribution in [1.29, 1.82) is 0 Å². The molecule has 0 aromatic carbocycles. The van der Waals surface area contributed by atoms with Crippen LogP contribution < -0.4 is 0 Å². The second kappa shape index (κ2) is 14.3. The minimum absolute atomic E-state index is 0.0624. The summed E-state index contributed by atoms with van der Waals surface area (Å²) in [4.78, 5) is 54.2. The molecule has 1 aliphatic heterocycles. The zero-order chi connectivity index (χ0) is 25.1. The molecule has 1 saturated heterocycles. The maximum Gasteiger partial charge on any atom is 0.317 e. The van der Waals surface area contributed by atoms with Gasteiger partial charge < -0.3 is 15.3 Å². The summed E-state index contributed by atoms with van der Waals surface area (Å²) in [6, 6.07) is 0. The van der Waals surface area contributed by atoms with Crippen LogP contribution in [-0.4, -0.2) is 137 Å². The SMILES string of the molecule is CC1CCC(C(=O)CN2CCN(CC(=O)O)CCN(CC(=O)O)CCN(CC(=O)O)CC2)CC1. The van der Waals surface area contributed by atoms with E-state index in [1.165, 1.54) is 0 Å². The van der Waals surface area contributed by atoms with E-state index < -0.39 is 17.9 Å². The number of carbonyl (C=O) groups excluding carboxylic acids is 1. The Morgan fingerprint density at radius 1 is 0.559 bits per heavy atom. The van der Waals surface area contributed by atoms with Gasteiger partial charge in [0.2, 0.25) is 0 Å². The highest BCUT2D eigenvalue weighted by molar-refractivity contribution is 5.83. The van der Waals surface area contributed by atoms with Crippen LogP contribution in [0.4, 0.5) is 0 Å². The lowest BCUT2D eigenvalue weighted by Crippen LogP contribution is -2.49. The van der Waals surface area contributed by atoms with Gasteiger partial charge in [-0.2, -0.15) is 0 Å². The molecule has 1 saturated carbocycles. The third-order valence-electron chi connectivity index (χ3n) is 6.86. The minimum atomic E-state index is -0.983. The lowest BCUT2D eigenvalue weighted by Gasteiger charge is -2.33. The molecule has 0 radical (unpaired) electrons. The van der Waals surface area contributed by atoms with E-state index in [0.29, 0.717) is 58.3 Å². The molecule has 0 aromatic heterocycles. The molecule has 0 bridgehead atoms. The molecule has 2 rings (SSSR count). The van der Waals surface area contributed by atoms with Crippen LogP contribution in [0.1, 0.15) is 32.6 Å². The van der Waals surface area contributed by atoms with Crippen LogP contribution in [0.15, 0.2) is 0 Å². The summed E-state index contributed by atoms with van der Waals surface area (Å²) < 4.78 is 0. The second-order valence-corrected chi connectivity index (χ2v) is 9.71. The number of carboxylic acid groups (broad SMARTS) is 3. The van der Waals surface area contributed by atoms with Gasteiger partial charge >= 0.3 is 17.9 Å². The molecule has 1 heterocycles. The standard InChI is InChI=1S/C23H40N4O7/c1-18-2-4-19(5-3-18)20(28)14-24-6-8-25(15-21(29)30)10-12-27(17-23(33)34)13-11-26(9-7-24)16-22(31)32/h18-19H,2-17H2,1H3,(H,29,30)(H,31,32)(H,33,34). The molecule has 194 valence electrons. The van der Waals surface area contributed by atoms with Gasteiger partial charge in [-0.15, -0.1) is 0 Å². The zero-order valence-corrected chi connectivity index (χ0v) is 20.2. The van der Waals surface area contributed by atoms with E-state index in [-0.39, 0.29) is 37.9 Å². The van der Waals surface area contributed by atoms with E-state index in [1.807, 2.05) is 4.90 Å². The lowest BCUT2D eigenvalue weighted by molar-refractivity contribution is -0.140. The average Bonchev–Trinajstić information content (AvgIpc) is 2.74. The van der Waals surface area contributed by atoms with Crippen LogP contribution in [0, 0.1) is 11.8 Å². The Balaban J connectivity index is 2.09. The van der Waals surface area contributed by atoms with Gasteiger partial charge in [-0.3, -0.25) is 38.8 Å². The third kappa shape index (κ3) is 10.9. The summed E-state index contributed by atoms with van der Waals surface area (Å²) in [5, 5.41) is 27.8. The van der Waals surface area contributed by atoms with Crippen molar-refractivity contribution in [3.05, 3.63) is 0 Å². The van der Waals surface area contributed by atoms with E-state index >= 15 is 0 Å². The summed E-state index contributed by atoms with van der Waals surface area (Å²) in [6.45, 7) is 5.30. The van der Waals surface area contributed by atoms with Crippen LogP contribution in [0.3, 0.4) is 0 Å². The van der Waals surface area contributed by atoms with Crippen molar-refractivity contribution in [2.75, 3.05) is 78.5 Å². The number of carbonyl (C=O) groups is 4. The summed E-state index contributed by atoms with van der Waals surface area (Å²) in [5.74, 6) is -1.97. The Kier molecular flexibility index (Phi) is 11.9. The van der Waals surface area contributed by atoms with Crippen LogP contribution in [0.25, 0.3) is 0 Å². The maximum atomic E-state index is 13.0. The van der Waals surface area contributed by atoms with Crippen molar-refractivity contribution in [2.45, 2.75) is 32.6 Å². The highest BCUT2D eigenvalue weighted by atomic mass is 16.4. The Hall–Kier alpha value is -2.08. The molecule has 0 aromatic rings. The first kappa shape index (κ1) is 28.2. The summed E-state index contributed by atoms with van der Waals surface area (Å²) in [7, 11) is 0. The first-order chi connectivity index (χ1) is 16.1. The first-order valence-corrected chi connectivity index (χ1v) is 12.2. The van der Waals surface area contributed by atoms with Gasteiger partial charge in [0.15, 0.2) is 0 Å². The lowest BCUT2D eigenvalue weighted by atomic mass is 9.81. The highest BCUT2D eigenvalue weighted by Crippen LogP contribution is 2.29. The maximum absolute atomic E-state index is 13.0. The number of hydrogen-bond donors (Lipinski definition) is 3. The van der Waals surface area contributed by atoms with E-state index in [0.717, 1.165) is 25.7 Å². The van der Waals surface area contributed by atoms with Gasteiger partial charge in [0.05, 0.1) is 26.2 Å². The van der Waals surface area contributed by atoms with Gasteiger partial charge in [0.25, 0.3) is 0 Å². The molecule has 0 atom stereocenters. The number of hydrogen-bond acceptors (Lipinski definition) is 8. The van der Waals surface area contributed by atoms with Crippen molar-refractivity contribution in [2.24, 2.45) is 11.8 Å². The van der Waals surface area contributed by atoms with Crippen molar-refractivity contribution in [3.8, 4) is 0 Å². The van der Waals surface area contributed by atoms with Crippen molar-refractivity contribution >= 4 is 23.7 Å². The second-order valence-electron chi connectivity index (χ2n) is 9.71. The van der Waals surface area contributed by atoms with Crippen LogP contribution in [-0.2, 0) is 19.2 Å². The summed E-state index contributed by atoms with van der Waals surface area (Å²) >= 11 is 0. The van der Waals surface area contributed by atoms with Gasteiger partial charge in [-0.05, 0) is 18.8 Å². The quantitative estimate of drug-likeness (QED) is 0.402. The molecule has 3 N–H and O–H groups in total. The van der Waals surface area contributed by atoms with E-state index in [2.05, 4.69) is 6.92 Å². The predicted octanol–water partition coefficient (Wildman–Crippen LogP) is -0.143. The molecule has 0 unspecified atom stereocenters. The molecule has 11 nitrogen and oxygen atoms in total. The fourth-order valence-corrected chi connectivity index (χ4v) is 4.72. The summed E-state index contributed by atoms with van der Waals surface area (Å²) in [6.07, 6.45) is 3.93. The normalized spacial score (nSPS) is 25.2. The van der Waals surface area contributed by atoms with Crippen LogP contribution >= 0.6 is 0 Å². The highest BCUT2D eigenvalue weighted by Gasteiger charge is 2.26. The van der Waals surface area contributed by atoms with Crippen LogP contribution in [0.2, 0.25) is 0 Å². The van der Waals surface area contributed by atoms with Crippen molar-refractivity contribution in [1.82, 2.24) is 19.6 Å². The topological polar surface area (TPSA) is 142 Å². The summed E-state index contributed by atoms with van der Waals surface area (Å²) in [5.41, 5.74) is 0. The Bertz CT molecular complexity index is 665. The molecule has 34 heavy (non-hydrogen) atoms. The van der Waals surface area contributed by atoms with Crippen molar-refractivity contribution in [3.63, 3.8) is 0 Å². The molecule has 2 fully saturated rings.